The molecule has 4 heavy (non-hydrogen) atoms. The van der Waals surface area contributed by atoms with Crippen LogP contribution in [0.2, 0.25) is 0 Å². The molecule has 0 aliphatic heterocycles. The van der Waals surface area contributed by atoms with Gasteiger partial charge in [0.1, 0.15) is 0 Å². The minimum Gasteiger partial charge on any atom is -0.161 e. The van der Waals surface area contributed by atoms with E-state index in [1.807, 2.05) is 0 Å². The second-order valence-electron chi connectivity index (χ2n) is 0.947. The predicted octanol–water partition coefficient (Wildman–Crippen LogP) is 0.267. The fraction of sp³-hybridized carbons (Fsp3) is 0.667. The molecule has 1 heteroatoms. The van der Waals surface area contributed by atoms with Crippen LogP contribution in [-0.2, 0) is 0 Å². The van der Waals surface area contributed by atoms with Crippen molar-refractivity contribution in [1.82, 2.24) is 5.41 Å². The normalized spacial score (nSPS) is 6.50. The molecule has 0 rings (SSSR count). The van der Waals surface area contributed by atoms with Crippen molar-refractivity contribution in [3.05, 3.63) is 0 Å². The van der Waals surface area contributed by atoms with Gasteiger partial charge in [-0.2, -0.15) is 5.41 Å². The zero-order chi connectivity index (χ0) is 3.58. The molecule has 0 aliphatic rings. The van der Waals surface area contributed by atoms with Gasteiger partial charge in [0.15, 0.2) is 0 Å². The summed E-state index contributed by atoms with van der Waals surface area (Å²) in [7, 11) is 0. The Morgan fingerprint density at radius 2 is 1.50 bits per heavy atom. The van der Waals surface area contributed by atoms with Gasteiger partial charge in [0.2, 0.25) is 0 Å². The standard InChI is InChI=1S/C3H6N/c1-3(2)4/h1-2H3. The molecule has 1 radical (unpaired) electrons. The van der Waals surface area contributed by atoms with Crippen LogP contribution >= 0.6 is 0 Å². The van der Waals surface area contributed by atoms with Crippen molar-refractivity contribution in [3.8, 4) is 0 Å². The lowest BCUT2D eigenvalue weighted by atomic mass is 10.5. The van der Waals surface area contributed by atoms with Gasteiger partial charge in [-0.1, -0.05) is 0 Å². The summed E-state index contributed by atoms with van der Waals surface area (Å²) in [5.74, 6) is 0. The summed E-state index contributed by atoms with van der Waals surface area (Å²) in [6, 6.07) is 0. The molecule has 0 bridgehead atoms. The Labute approximate surface area is 26.2 Å². The Morgan fingerprint density at radius 1 is 1.50 bits per heavy atom. The van der Waals surface area contributed by atoms with E-state index < -0.39 is 0 Å². The van der Waals surface area contributed by atoms with Crippen molar-refractivity contribution in [2.75, 3.05) is 0 Å². The third kappa shape index (κ3) is 6.88. The highest BCUT2D eigenvalue weighted by atomic mass is 14.3. The molecule has 0 atom stereocenters. The summed E-state index contributed by atoms with van der Waals surface area (Å²) in [5, 5.41) is 7.97. The lowest BCUT2D eigenvalue weighted by molar-refractivity contribution is 1.65. The van der Waals surface area contributed by atoms with Gasteiger partial charge < -0.3 is 0 Å². The van der Waals surface area contributed by atoms with E-state index in [1.54, 1.807) is 13.8 Å². The first-order chi connectivity index (χ1) is 1.73. The third-order valence-electron chi connectivity index (χ3n) is 0. The van der Waals surface area contributed by atoms with E-state index in [2.05, 4.69) is 0 Å². The van der Waals surface area contributed by atoms with Crippen LogP contribution in [-0.4, -0.2) is 5.71 Å². The first-order valence-electron chi connectivity index (χ1n) is 1.22. The molecule has 0 saturated carbocycles. The van der Waals surface area contributed by atoms with E-state index in [-0.39, 0.29) is 0 Å². The predicted molar refractivity (Wildman–Crippen MR) is 18.5 cm³/mol. The van der Waals surface area contributed by atoms with Crippen LogP contribution in [0.15, 0.2) is 0 Å². The van der Waals surface area contributed by atoms with Gasteiger partial charge in [0.05, 0.1) is 0 Å². The molecule has 0 aromatic rings. The second-order valence-corrected chi connectivity index (χ2v) is 0.947. The Hall–Kier alpha value is -0.330. The zero-order valence-electron chi connectivity index (χ0n) is 2.95. The maximum atomic E-state index is 7.97. The fourth-order valence-corrected chi connectivity index (χ4v) is 0. The van der Waals surface area contributed by atoms with Crippen molar-refractivity contribution >= 4 is 5.71 Å². The highest BCUT2D eigenvalue weighted by Crippen LogP contribution is 1.48. The number of nitrogens with zero attached hydrogens (tertiary/aromatic N) is 1. The van der Waals surface area contributed by atoms with Crippen molar-refractivity contribution in [2.45, 2.75) is 13.8 Å². The summed E-state index contributed by atoms with van der Waals surface area (Å²) in [6.07, 6.45) is 0. The lowest BCUT2D eigenvalue weighted by Gasteiger charge is -1.59. The van der Waals surface area contributed by atoms with Gasteiger partial charge in [0, 0.05) is 5.71 Å². The molecule has 0 fully saturated rings. The number of hydrogen-bond donors (Lipinski definition) is 0. The van der Waals surface area contributed by atoms with Crippen LogP contribution < -0.4 is 5.41 Å². The highest BCUT2D eigenvalue weighted by Gasteiger charge is 1.57. The van der Waals surface area contributed by atoms with Crippen molar-refractivity contribution in [3.63, 3.8) is 0 Å². The summed E-state index contributed by atoms with van der Waals surface area (Å²) >= 11 is 0. The van der Waals surface area contributed by atoms with Crippen LogP contribution in [0.4, 0.5) is 0 Å². The monoisotopic (exact) mass is 56.1 g/mol. The minimum absolute atomic E-state index is 0.417. The van der Waals surface area contributed by atoms with E-state index in [9.17, 15) is 0 Å². The Kier molecular flexibility index (Phi) is 0.958. The molecule has 23 valence electrons. The fourth-order valence-electron chi connectivity index (χ4n) is 0. The van der Waals surface area contributed by atoms with Crippen molar-refractivity contribution < 1.29 is 0 Å². The third-order valence-corrected chi connectivity index (χ3v) is 0. The number of hydrogen-bond acceptors (Lipinski definition) is 0. The van der Waals surface area contributed by atoms with Gasteiger partial charge in [-0.15, -0.1) is 0 Å². The van der Waals surface area contributed by atoms with Crippen molar-refractivity contribution in [2.24, 2.45) is 0 Å². The quantitative estimate of drug-likeness (QED) is 0.355. The summed E-state index contributed by atoms with van der Waals surface area (Å²) < 4.78 is 0. The highest BCUT2D eigenvalue weighted by molar-refractivity contribution is 5.76. The van der Waals surface area contributed by atoms with E-state index >= 15 is 0 Å². The van der Waals surface area contributed by atoms with Crippen molar-refractivity contribution in [1.29, 1.82) is 0 Å². The largest absolute Gasteiger partial charge is 0.161 e. The average Bonchev–Trinajstić information content (AvgIpc) is 0.811. The Morgan fingerprint density at radius 3 is 1.50 bits per heavy atom. The minimum atomic E-state index is 0.417. The van der Waals surface area contributed by atoms with Crippen LogP contribution in [0.3, 0.4) is 0 Å². The van der Waals surface area contributed by atoms with Gasteiger partial charge in [-0.3, -0.25) is 0 Å². The molecule has 0 saturated heterocycles. The van der Waals surface area contributed by atoms with Crippen LogP contribution in [0.5, 0.6) is 0 Å². The van der Waals surface area contributed by atoms with Gasteiger partial charge >= 0.3 is 0 Å². The molecule has 0 aliphatic carbocycles. The first-order valence-corrected chi connectivity index (χ1v) is 1.22. The topological polar surface area (TPSA) is 22.3 Å². The molecule has 0 spiro atoms. The summed E-state index contributed by atoms with van der Waals surface area (Å²) in [5.41, 5.74) is 0.417. The SMILES string of the molecule is CC(C)=[N]. The van der Waals surface area contributed by atoms with Gasteiger partial charge in [-0.25, -0.2) is 0 Å². The molecular weight excluding hydrogens is 50.0 g/mol. The number of rotatable bonds is 0. The van der Waals surface area contributed by atoms with Crippen LogP contribution in [0, 0.1) is 0 Å². The molecule has 0 aromatic heterocycles. The zero-order valence-corrected chi connectivity index (χ0v) is 2.95. The summed E-state index contributed by atoms with van der Waals surface area (Å²) in [6.45, 7) is 3.28. The van der Waals surface area contributed by atoms with Crippen LogP contribution in [0.1, 0.15) is 13.8 Å². The molecule has 0 N–H and O–H groups in total. The lowest BCUT2D eigenvalue weighted by Crippen LogP contribution is -1.74. The van der Waals surface area contributed by atoms with E-state index in [4.69, 9.17) is 5.41 Å². The summed E-state index contributed by atoms with van der Waals surface area (Å²) in [4.78, 5) is 0. The Balaban J connectivity index is 2.80. The van der Waals surface area contributed by atoms with E-state index in [0.29, 0.717) is 5.71 Å². The molecule has 0 aromatic carbocycles. The molecule has 0 unspecified atom stereocenters. The molecule has 1 nitrogen and oxygen atoms in total. The van der Waals surface area contributed by atoms with Gasteiger partial charge in [0.25, 0.3) is 0 Å². The maximum Gasteiger partial charge on any atom is 0.0344 e. The second kappa shape index (κ2) is 1.04. The maximum absolute atomic E-state index is 7.97. The smallest absolute Gasteiger partial charge is 0.0344 e. The van der Waals surface area contributed by atoms with E-state index in [1.165, 1.54) is 0 Å². The van der Waals surface area contributed by atoms with Gasteiger partial charge in [-0.05, 0) is 13.8 Å². The molecular formula is C3H6N. The Bertz CT molecular complexity index is 26.3. The molecule has 0 amide bonds. The van der Waals surface area contributed by atoms with E-state index in [0.717, 1.165) is 0 Å². The molecule has 0 heterocycles. The first kappa shape index (κ1) is 3.67. The average molecular weight is 56.1 g/mol. The van der Waals surface area contributed by atoms with Crippen LogP contribution in [0.25, 0.3) is 0 Å².